The van der Waals surface area contributed by atoms with Crippen molar-refractivity contribution in [1.29, 1.82) is 0 Å². The van der Waals surface area contributed by atoms with Gasteiger partial charge in [0, 0.05) is 24.0 Å². The third-order valence-corrected chi connectivity index (χ3v) is 3.39. The van der Waals surface area contributed by atoms with Crippen molar-refractivity contribution < 1.29 is 4.79 Å². The number of nitrogens with one attached hydrogen (secondary N) is 1. The molecule has 0 aliphatic carbocycles. The molecule has 0 aliphatic heterocycles. The molecule has 0 aliphatic rings. The first-order valence-electron chi connectivity index (χ1n) is 5.93. The lowest BCUT2D eigenvalue weighted by Gasteiger charge is -2.13. The van der Waals surface area contributed by atoms with Gasteiger partial charge in [-0.15, -0.1) is 11.3 Å². The van der Waals surface area contributed by atoms with Gasteiger partial charge < -0.3 is 11.1 Å². The normalized spacial score (nSPS) is 12.8. The minimum absolute atomic E-state index is 0.0630. The fourth-order valence-electron chi connectivity index (χ4n) is 1.56. The van der Waals surface area contributed by atoms with Gasteiger partial charge in [0.15, 0.2) is 0 Å². The molecule has 1 aromatic rings. The molecule has 5 heteroatoms. The Labute approximate surface area is 107 Å². The van der Waals surface area contributed by atoms with Crippen molar-refractivity contribution in [3.8, 4) is 0 Å². The molecule has 1 heterocycles. The fraction of sp³-hybridized carbons (Fsp3) is 0.667. The maximum Gasteiger partial charge on any atom is 0.236 e. The van der Waals surface area contributed by atoms with E-state index in [9.17, 15) is 4.79 Å². The van der Waals surface area contributed by atoms with E-state index in [2.05, 4.69) is 24.1 Å². The Hall–Kier alpha value is -0.940. The number of nitrogens with two attached hydrogens (primary N) is 1. The van der Waals surface area contributed by atoms with E-state index in [0.29, 0.717) is 12.5 Å². The molecule has 0 fully saturated rings. The summed E-state index contributed by atoms with van der Waals surface area (Å²) in [5, 5.41) is 5.92. The van der Waals surface area contributed by atoms with Gasteiger partial charge >= 0.3 is 0 Å². The van der Waals surface area contributed by atoms with E-state index in [0.717, 1.165) is 23.5 Å². The van der Waals surface area contributed by atoms with Crippen LogP contribution in [0.1, 0.15) is 31.0 Å². The first-order chi connectivity index (χ1) is 7.99. The molecule has 0 saturated carbocycles. The predicted molar refractivity (Wildman–Crippen MR) is 71.0 cm³/mol. The Morgan fingerprint density at radius 3 is 2.82 bits per heavy atom. The van der Waals surface area contributed by atoms with Crippen molar-refractivity contribution in [3.63, 3.8) is 0 Å². The van der Waals surface area contributed by atoms with Crippen LogP contribution in [0.2, 0.25) is 0 Å². The summed E-state index contributed by atoms with van der Waals surface area (Å²) in [6.45, 7) is 6.70. The van der Waals surface area contributed by atoms with Crippen LogP contribution in [0.3, 0.4) is 0 Å². The van der Waals surface area contributed by atoms with E-state index >= 15 is 0 Å². The molecular formula is C12H21N3OS. The lowest BCUT2D eigenvalue weighted by Crippen LogP contribution is -2.42. The van der Waals surface area contributed by atoms with Crippen LogP contribution in [0.25, 0.3) is 0 Å². The summed E-state index contributed by atoms with van der Waals surface area (Å²) in [6.07, 6.45) is 1.50. The summed E-state index contributed by atoms with van der Waals surface area (Å²) < 4.78 is 0. The van der Waals surface area contributed by atoms with E-state index in [-0.39, 0.29) is 5.91 Å². The van der Waals surface area contributed by atoms with Crippen LogP contribution in [0, 0.1) is 12.8 Å². The standard InChI is InChI=1S/C12H21N3OS/c1-8(2)6-10(13)12(16)14-5-4-11-15-9(3)7-17-11/h7-8,10H,4-6,13H2,1-3H3,(H,14,16). The minimum atomic E-state index is -0.395. The number of thiazole rings is 1. The molecule has 1 atom stereocenters. The molecule has 0 radical (unpaired) electrons. The zero-order chi connectivity index (χ0) is 12.8. The minimum Gasteiger partial charge on any atom is -0.354 e. The van der Waals surface area contributed by atoms with Crippen LogP contribution in [0.5, 0.6) is 0 Å². The van der Waals surface area contributed by atoms with Crippen molar-refractivity contribution in [2.45, 2.75) is 39.7 Å². The van der Waals surface area contributed by atoms with Gasteiger partial charge in [0.05, 0.1) is 11.0 Å². The number of hydrogen-bond acceptors (Lipinski definition) is 4. The molecule has 1 rings (SSSR count). The first-order valence-corrected chi connectivity index (χ1v) is 6.81. The Balaban J connectivity index is 2.24. The van der Waals surface area contributed by atoms with Gasteiger partial charge in [-0.25, -0.2) is 4.98 Å². The molecule has 0 saturated heterocycles. The SMILES string of the molecule is Cc1csc(CCNC(=O)C(N)CC(C)C)n1. The number of carbonyl (C=O) groups is 1. The average Bonchev–Trinajstić information content (AvgIpc) is 2.63. The molecule has 17 heavy (non-hydrogen) atoms. The third kappa shape index (κ3) is 5.28. The third-order valence-electron chi connectivity index (χ3n) is 2.37. The molecule has 96 valence electrons. The van der Waals surface area contributed by atoms with Crippen molar-refractivity contribution in [3.05, 3.63) is 16.1 Å². The number of hydrogen-bond donors (Lipinski definition) is 2. The Bertz CT molecular complexity index is 362. The summed E-state index contributed by atoms with van der Waals surface area (Å²) in [5.41, 5.74) is 6.81. The van der Waals surface area contributed by atoms with Crippen LogP contribution in [0.4, 0.5) is 0 Å². The van der Waals surface area contributed by atoms with Crippen LogP contribution in [-0.4, -0.2) is 23.5 Å². The molecule has 0 spiro atoms. The van der Waals surface area contributed by atoms with E-state index in [1.165, 1.54) is 0 Å². The molecule has 4 nitrogen and oxygen atoms in total. The van der Waals surface area contributed by atoms with E-state index < -0.39 is 6.04 Å². The van der Waals surface area contributed by atoms with Crippen LogP contribution < -0.4 is 11.1 Å². The molecule has 0 aromatic carbocycles. The summed E-state index contributed by atoms with van der Waals surface area (Å²) in [7, 11) is 0. The molecule has 1 amide bonds. The van der Waals surface area contributed by atoms with Gasteiger partial charge in [-0.2, -0.15) is 0 Å². The molecule has 3 N–H and O–H groups in total. The number of nitrogens with zero attached hydrogens (tertiary/aromatic N) is 1. The largest absolute Gasteiger partial charge is 0.354 e. The van der Waals surface area contributed by atoms with Gasteiger partial charge in [-0.1, -0.05) is 13.8 Å². The van der Waals surface area contributed by atoms with Crippen LogP contribution >= 0.6 is 11.3 Å². The van der Waals surface area contributed by atoms with Crippen molar-refractivity contribution >= 4 is 17.2 Å². The summed E-state index contributed by atoms with van der Waals surface area (Å²) >= 11 is 1.63. The number of rotatable bonds is 6. The van der Waals surface area contributed by atoms with Gasteiger partial charge in [0.1, 0.15) is 0 Å². The Morgan fingerprint density at radius 2 is 2.29 bits per heavy atom. The summed E-state index contributed by atoms with van der Waals surface area (Å²) in [4.78, 5) is 16.0. The van der Waals surface area contributed by atoms with Gasteiger partial charge in [-0.3, -0.25) is 4.79 Å². The predicted octanol–water partition coefficient (Wildman–Crippen LogP) is 1.48. The Morgan fingerprint density at radius 1 is 1.59 bits per heavy atom. The van der Waals surface area contributed by atoms with Gasteiger partial charge in [0.25, 0.3) is 0 Å². The number of aromatic nitrogens is 1. The van der Waals surface area contributed by atoms with Crippen LogP contribution in [0.15, 0.2) is 5.38 Å². The topological polar surface area (TPSA) is 68.0 Å². The zero-order valence-electron chi connectivity index (χ0n) is 10.7. The number of aryl methyl sites for hydroxylation is 1. The highest BCUT2D eigenvalue weighted by Crippen LogP contribution is 2.08. The van der Waals surface area contributed by atoms with E-state index in [4.69, 9.17) is 5.73 Å². The number of amides is 1. The second kappa shape index (κ2) is 6.71. The highest BCUT2D eigenvalue weighted by atomic mass is 32.1. The van der Waals surface area contributed by atoms with Gasteiger partial charge in [-0.05, 0) is 19.3 Å². The smallest absolute Gasteiger partial charge is 0.236 e. The highest BCUT2D eigenvalue weighted by Gasteiger charge is 2.14. The van der Waals surface area contributed by atoms with Crippen molar-refractivity contribution in [2.24, 2.45) is 11.7 Å². The first kappa shape index (κ1) is 14.1. The Kier molecular flexibility index (Phi) is 5.58. The van der Waals surface area contributed by atoms with E-state index in [1.807, 2.05) is 12.3 Å². The van der Waals surface area contributed by atoms with E-state index in [1.54, 1.807) is 11.3 Å². The lowest BCUT2D eigenvalue weighted by atomic mass is 10.0. The number of carbonyl (C=O) groups excluding carboxylic acids is 1. The highest BCUT2D eigenvalue weighted by molar-refractivity contribution is 7.09. The van der Waals surface area contributed by atoms with Crippen molar-refractivity contribution in [1.82, 2.24) is 10.3 Å². The average molecular weight is 255 g/mol. The monoisotopic (exact) mass is 255 g/mol. The zero-order valence-corrected chi connectivity index (χ0v) is 11.5. The van der Waals surface area contributed by atoms with Crippen molar-refractivity contribution in [2.75, 3.05) is 6.54 Å². The maximum absolute atomic E-state index is 11.6. The fourth-order valence-corrected chi connectivity index (χ4v) is 2.33. The molecular weight excluding hydrogens is 234 g/mol. The second-order valence-electron chi connectivity index (χ2n) is 4.66. The second-order valence-corrected chi connectivity index (χ2v) is 5.60. The van der Waals surface area contributed by atoms with Gasteiger partial charge in [0.2, 0.25) is 5.91 Å². The molecule has 0 bridgehead atoms. The summed E-state index contributed by atoms with van der Waals surface area (Å²) in [6, 6.07) is -0.395. The lowest BCUT2D eigenvalue weighted by molar-refractivity contribution is -0.122. The summed E-state index contributed by atoms with van der Waals surface area (Å²) in [5.74, 6) is 0.379. The molecule has 1 unspecified atom stereocenters. The van der Waals surface area contributed by atoms with Crippen LogP contribution in [-0.2, 0) is 11.2 Å². The maximum atomic E-state index is 11.6. The molecule has 1 aromatic heterocycles. The quantitative estimate of drug-likeness (QED) is 0.809.